The fourth-order valence-electron chi connectivity index (χ4n) is 5.13. The molecule has 1 saturated heterocycles. The van der Waals surface area contributed by atoms with Gasteiger partial charge >= 0.3 is 0 Å². The van der Waals surface area contributed by atoms with Crippen LogP contribution in [0.2, 0.25) is 0 Å². The molecule has 21 heavy (non-hydrogen) atoms. The topological polar surface area (TPSA) is 15.3 Å². The fourth-order valence-corrected chi connectivity index (χ4v) is 5.13. The zero-order valence-corrected chi connectivity index (χ0v) is 14.6. The van der Waals surface area contributed by atoms with Gasteiger partial charge in [-0.05, 0) is 37.0 Å². The molecule has 2 aliphatic carbocycles. The molecule has 2 heteroatoms. The molecule has 0 aromatic rings. The molecule has 2 saturated carbocycles. The lowest BCUT2D eigenvalue weighted by Crippen LogP contribution is -2.67. The predicted molar refractivity (Wildman–Crippen MR) is 90.6 cm³/mol. The Morgan fingerprint density at radius 2 is 1.67 bits per heavy atom. The molecule has 0 aromatic heterocycles. The molecule has 1 heterocycles. The van der Waals surface area contributed by atoms with Gasteiger partial charge in [-0.25, -0.2) is 0 Å². The average Bonchev–Trinajstić information content (AvgIpc) is 2.91. The van der Waals surface area contributed by atoms with Crippen molar-refractivity contribution >= 4 is 0 Å². The highest BCUT2D eigenvalue weighted by Gasteiger charge is 2.43. The summed E-state index contributed by atoms with van der Waals surface area (Å²) in [6.07, 6.45) is 13.0. The molecule has 122 valence electrons. The summed E-state index contributed by atoms with van der Waals surface area (Å²) in [5, 5.41) is 4.00. The van der Waals surface area contributed by atoms with Crippen LogP contribution in [0.25, 0.3) is 0 Å². The Hall–Kier alpha value is -0.0800. The second-order valence-corrected chi connectivity index (χ2v) is 9.18. The van der Waals surface area contributed by atoms with E-state index in [1.165, 1.54) is 77.4 Å². The van der Waals surface area contributed by atoms with Gasteiger partial charge in [0, 0.05) is 31.2 Å². The summed E-state index contributed by atoms with van der Waals surface area (Å²) in [7, 11) is 0. The molecule has 3 aliphatic rings. The normalized spacial score (nSPS) is 31.9. The molecule has 1 N–H and O–H groups in total. The molecule has 3 fully saturated rings. The van der Waals surface area contributed by atoms with Crippen molar-refractivity contribution in [1.29, 1.82) is 0 Å². The molecule has 1 aliphatic heterocycles. The van der Waals surface area contributed by atoms with Gasteiger partial charge < -0.3 is 5.32 Å². The molecule has 0 bridgehead atoms. The summed E-state index contributed by atoms with van der Waals surface area (Å²) in [5.74, 6) is 0.980. The first kappa shape index (κ1) is 15.8. The minimum Gasteiger partial charge on any atom is -0.308 e. The first-order valence-corrected chi connectivity index (χ1v) is 9.48. The Morgan fingerprint density at radius 3 is 2.29 bits per heavy atom. The summed E-state index contributed by atoms with van der Waals surface area (Å²) in [6.45, 7) is 11.2. The van der Waals surface area contributed by atoms with E-state index in [4.69, 9.17) is 0 Å². The molecular weight excluding hydrogens is 256 g/mol. The number of nitrogens with one attached hydrogen (secondary N) is 1. The van der Waals surface area contributed by atoms with Crippen LogP contribution in [0.1, 0.15) is 78.6 Å². The van der Waals surface area contributed by atoms with Crippen molar-refractivity contribution in [3.63, 3.8) is 0 Å². The average molecular weight is 293 g/mol. The molecule has 1 unspecified atom stereocenters. The Balaban J connectivity index is 1.71. The zero-order chi connectivity index (χ0) is 14.9. The molecule has 0 radical (unpaired) electrons. The van der Waals surface area contributed by atoms with Gasteiger partial charge in [0.1, 0.15) is 0 Å². The van der Waals surface area contributed by atoms with E-state index in [1.807, 2.05) is 0 Å². The van der Waals surface area contributed by atoms with Crippen molar-refractivity contribution < 1.29 is 0 Å². The van der Waals surface area contributed by atoms with Gasteiger partial charge in [-0.3, -0.25) is 4.90 Å². The van der Waals surface area contributed by atoms with Crippen LogP contribution in [0.3, 0.4) is 0 Å². The van der Waals surface area contributed by atoms with Gasteiger partial charge in [-0.2, -0.15) is 0 Å². The lowest BCUT2D eigenvalue weighted by molar-refractivity contribution is -0.000324. The lowest BCUT2D eigenvalue weighted by atomic mass is 9.75. The number of nitrogens with zero attached hydrogens (tertiary/aromatic N) is 1. The molecule has 3 rings (SSSR count). The maximum absolute atomic E-state index is 4.00. The van der Waals surface area contributed by atoms with Gasteiger partial charge in [0.05, 0.1) is 0 Å². The van der Waals surface area contributed by atoms with Gasteiger partial charge in [-0.1, -0.05) is 52.9 Å². The van der Waals surface area contributed by atoms with E-state index >= 15 is 0 Å². The van der Waals surface area contributed by atoms with Crippen LogP contribution in [-0.2, 0) is 0 Å². The van der Waals surface area contributed by atoms with Crippen molar-refractivity contribution in [3.8, 4) is 0 Å². The maximum atomic E-state index is 4.00. The fraction of sp³-hybridized carbons (Fsp3) is 1.00. The minimum absolute atomic E-state index is 0.391. The highest BCUT2D eigenvalue weighted by Crippen LogP contribution is 2.37. The van der Waals surface area contributed by atoms with Crippen molar-refractivity contribution in [2.45, 2.75) is 90.1 Å². The van der Waals surface area contributed by atoms with Crippen molar-refractivity contribution in [1.82, 2.24) is 10.2 Å². The van der Waals surface area contributed by atoms with Crippen molar-refractivity contribution in [2.75, 3.05) is 19.6 Å². The predicted octanol–water partition coefficient (Wildman–Crippen LogP) is 4.20. The summed E-state index contributed by atoms with van der Waals surface area (Å²) < 4.78 is 0. The van der Waals surface area contributed by atoms with E-state index < -0.39 is 0 Å². The van der Waals surface area contributed by atoms with E-state index in [0.717, 1.165) is 5.92 Å². The standard InChI is InChI=1S/C19H36N2/c1-18(2,3)17-13-20-19(11-7-4-8-12-19)15-21(17)14-16-9-5-6-10-16/h16-17,20H,4-15H2,1-3H3. The Morgan fingerprint density at radius 1 is 1.00 bits per heavy atom. The van der Waals surface area contributed by atoms with E-state index in [9.17, 15) is 0 Å². The van der Waals surface area contributed by atoms with E-state index in [-0.39, 0.29) is 0 Å². The summed E-state index contributed by atoms with van der Waals surface area (Å²) >= 11 is 0. The molecular formula is C19H36N2. The van der Waals surface area contributed by atoms with Crippen LogP contribution in [0.5, 0.6) is 0 Å². The summed E-state index contributed by atoms with van der Waals surface area (Å²) in [6, 6.07) is 0.714. The number of hydrogen-bond donors (Lipinski definition) is 1. The second-order valence-electron chi connectivity index (χ2n) is 9.18. The highest BCUT2D eigenvalue weighted by atomic mass is 15.3. The molecule has 1 atom stereocenters. The first-order valence-electron chi connectivity index (χ1n) is 9.48. The number of rotatable bonds is 2. The van der Waals surface area contributed by atoms with Crippen molar-refractivity contribution in [2.24, 2.45) is 11.3 Å². The highest BCUT2D eigenvalue weighted by molar-refractivity contribution is 5.02. The SMILES string of the molecule is CC(C)(C)C1CNC2(CCCCC2)CN1CC1CCCC1. The lowest BCUT2D eigenvalue weighted by Gasteiger charge is -2.53. The third-order valence-electron chi connectivity index (χ3n) is 6.39. The molecule has 2 nitrogen and oxygen atoms in total. The van der Waals surface area contributed by atoms with Gasteiger partial charge in [0.15, 0.2) is 0 Å². The number of hydrogen-bond acceptors (Lipinski definition) is 2. The first-order chi connectivity index (χ1) is 9.99. The maximum Gasteiger partial charge on any atom is 0.0309 e. The molecule has 0 amide bonds. The molecule has 0 aromatic carbocycles. The Labute approximate surface area is 132 Å². The van der Waals surface area contributed by atoms with Crippen LogP contribution >= 0.6 is 0 Å². The Bertz CT molecular complexity index is 332. The quantitative estimate of drug-likeness (QED) is 0.820. The largest absolute Gasteiger partial charge is 0.308 e. The van der Waals surface area contributed by atoms with Gasteiger partial charge in [-0.15, -0.1) is 0 Å². The van der Waals surface area contributed by atoms with Gasteiger partial charge in [0.25, 0.3) is 0 Å². The van der Waals surface area contributed by atoms with Crippen LogP contribution in [0.15, 0.2) is 0 Å². The van der Waals surface area contributed by atoms with E-state index in [1.54, 1.807) is 0 Å². The van der Waals surface area contributed by atoms with Crippen LogP contribution < -0.4 is 5.32 Å². The third-order valence-corrected chi connectivity index (χ3v) is 6.39. The van der Waals surface area contributed by atoms with Gasteiger partial charge in [0.2, 0.25) is 0 Å². The van der Waals surface area contributed by atoms with E-state index in [2.05, 4.69) is 31.0 Å². The Kier molecular flexibility index (Phi) is 4.66. The molecule has 1 spiro atoms. The smallest absolute Gasteiger partial charge is 0.0309 e. The third kappa shape index (κ3) is 3.64. The second kappa shape index (κ2) is 6.20. The minimum atomic E-state index is 0.391. The van der Waals surface area contributed by atoms with Crippen LogP contribution in [0, 0.1) is 11.3 Å². The summed E-state index contributed by atoms with van der Waals surface area (Å²) in [4.78, 5) is 2.90. The van der Waals surface area contributed by atoms with Crippen molar-refractivity contribution in [3.05, 3.63) is 0 Å². The monoisotopic (exact) mass is 292 g/mol. The van der Waals surface area contributed by atoms with E-state index in [0.29, 0.717) is 17.0 Å². The van der Waals surface area contributed by atoms with Crippen LogP contribution in [0.4, 0.5) is 0 Å². The summed E-state index contributed by atoms with van der Waals surface area (Å²) in [5.41, 5.74) is 0.848. The zero-order valence-electron chi connectivity index (χ0n) is 14.6. The number of piperazine rings is 1. The van der Waals surface area contributed by atoms with Crippen LogP contribution in [-0.4, -0.2) is 36.1 Å².